The second kappa shape index (κ2) is 7.51. The zero-order valence-electron chi connectivity index (χ0n) is 13.1. The number of nitrogens with zero attached hydrogens (tertiary/aromatic N) is 1. The lowest BCUT2D eigenvalue weighted by Crippen LogP contribution is -1.85. The molecule has 3 heteroatoms. The van der Waals surface area contributed by atoms with E-state index >= 15 is 0 Å². The summed E-state index contributed by atoms with van der Waals surface area (Å²) in [5, 5.41) is 9.81. The molecule has 0 radical (unpaired) electrons. The van der Waals surface area contributed by atoms with Gasteiger partial charge in [0.1, 0.15) is 0 Å². The topological polar surface area (TPSA) is 42.2 Å². The highest BCUT2D eigenvalue weighted by atomic mass is 16.4. The first-order chi connectivity index (χ1) is 10.6. The zero-order valence-corrected chi connectivity index (χ0v) is 13.1. The molecule has 114 valence electrons. The minimum atomic E-state index is -0.941. The van der Waals surface area contributed by atoms with E-state index in [-0.39, 0.29) is 0 Å². The summed E-state index contributed by atoms with van der Waals surface area (Å²) in [5.41, 5.74) is 2.94. The van der Waals surface area contributed by atoms with Gasteiger partial charge in [-0.2, -0.15) is 0 Å². The Morgan fingerprint density at radius 1 is 1.36 bits per heavy atom. The van der Waals surface area contributed by atoms with Crippen LogP contribution in [-0.2, 0) is 11.8 Å². The molecule has 0 aliphatic carbocycles. The van der Waals surface area contributed by atoms with Crippen molar-refractivity contribution in [3.63, 3.8) is 0 Å². The Balaban J connectivity index is 2.28. The Labute approximate surface area is 131 Å². The van der Waals surface area contributed by atoms with E-state index < -0.39 is 5.97 Å². The normalized spacial score (nSPS) is 10.8. The molecular weight excluding hydrogens is 274 g/mol. The Kier molecular flexibility index (Phi) is 5.43. The van der Waals surface area contributed by atoms with Gasteiger partial charge in [-0.3, -0.25) is 0 Å². The maximum atomic E-state index is 10.7. The minimum absolute atomic E-state index is 0.898. The van der Waals surface area contributed by atoms with E-state index in [1.807, 2.05) is 36.0 Å². The number of aryl methyl sites for hydroxylation is 1. The van der Waals surface area contributed by atoms with E-state index in [1.54, 1.807) is 6.08 Å². The summed E-state index contributed by atoms with van der Waals surface area (Å²) in [6, 6.07) is 6.08. The number of hydrogen-bond acceptors (Lipinski definition) is 1. The van der Waals surface area contributed by atoms with Crippen molar-refractivity contribution >= 4 is 22.9 Å². The van der Waals surface area contributed by atoms with Crippen LogP contribution in [0.15, 0.2) is 30.5 Å². The number of rotatable bonds is 5. The fourth-order valence-corrected chi connectivity index (χ4v) is 2.42. The number of hydrogen-bond donors (Lipinski definition) is 1. The number of aromatic nitrogens is 1. The van der Waals surface area contributed by atoms with Gasteiger partial charge in [0.05, 0.1) is 0 Å². The number of benzene rings is 1. The van der Waals surface area contributed by atoms with Crippen molar-refractivity contribution in [2.75, 3.05) is 0 Å². The van der Waals surface area contributed by atoms with Gasteiger partial charge < -0.3 is 9.67 Å². The summed E-state index contributed by atoms with van der Waals surface area (Å²) < 4.78 is 2.00. The monoisotopic (exact) mass is 295 g/mol. The van der Waals surface area contributed by atoms with E-state index in [2.05, 4.69) is 18.8 Å². The standard InChI is InChI=1S/C19H21NO2/c1-3-4-5-6-7-8-15-9-11-18-17(13-15)16(14-20(18)2)10-12-19(21)22/h9-14H,3-6H2,1-2H3,(H,21,22). The number of unbranched alkanes of at least 4 members (excludes halogenated alkanes) is 3. The Morgan fingerprint density at radius 2 is 2.18 bits per heavy atom. The van der Waals surface area contributed by atoms with Crippen LogP contribution in [0.2, 0.25) is 0 Å². The molecule has 0 saturated carbocycles. The maximum absolute atomic E-state index is 10.7. The van der Waals surface area contributed by atoms with E-state index in [4.69, 9.17) is 5.11 Å². The molecule has 0 bridgehead atoms. The average molecular weight is 295 g/mol. The van der Waals surface area contributed by atoms with Crippen molar-refractivity contribution in [3.8, 4) is 11.8 Å². The molecule has 1 N–H and O–H groups in total. The van der Waals surface area contributed by atoms with Crippen LogP contribution in [0.3, 0.4) is 0 Å². The predicted molar refractivity (Wildman–Crippen MR) is 90.6 cm³/mol. The predicted octanol–water partition coefficient (Wildman–Crippen LogP) is 4.21. The molecule has 0 amide bonds. The van der Waals surface area contributed by atoms with Crippen molar-refractivity contribution in [1.29, 1.82) is 0 Å². The smallest absolute Gasteiger partial charge is 0.328 e. The number of aliphatic carboxylic acids is 1. The lowest BCUT2D eigenvalue weighted by atomic mass is 10.1. The molecule has 1 heterocycles. The SMILES string of the molecule is CCCCCC#Cc1ccc2c(c1)c(C=CC(=O)O)cn2C. The first-order valence-corrected chi connectivity index (χ1v) is 7.60. The van der Waals surface area contributed by atoms with Crippen LogP contribution in [0.25, 0.3) is 17.0 Å². The van der Waals surface area contributed by atoms with Crippen molar-refractivity contribution in [2.45, 2.75) is 32.6 Å². The summed E-state index contributed by atoms with van der Waals surface area (Å²) in [4.78, 5) is 10.7. The number of fused-ring (bicyclic) bond motifs is 1. The van der Waals surface area contributed by atoms with Crippen LogP contribution in [-0.4, -0.2) is 15.6 Å². The molecule has 1 aromatic carbocycles. The molecule has 0 aliphatic rings. The van der Waals surface area contributed by atoms with E-state index in [0.717, 1.165) is 40.9 Å². The van der Waals surface area contributed by atoms with E-state index in [0.29, 0.717) is 0 Å². The molecule has 3 nitrogen and oxygen atoms in total. The van der Waals surface area contributed by atoms with E-state index in [1.165, 1.54) is 12.8 Å². The molecule has 0 unspecified atom stereocenters. The lowest BCUT2D eigenvalue weighted by Gasteiger charge is -1.97. The number of carbonyl (C=O) groups is 1. The Bertz CT molecular complexity index is 757. The first-order valence-electron chi connectivity index (χ1n) is 7.60. The van der Waals surface area contributed by atoms with Gasteiger partial charge in [0.15, 0.2) is 0 Å². The van der Waals surface area contributed by atoms with Crippen LogP contribution in [0.1, 0.15) is 43.7 Å². The fraction of sp³-hybridized carbons (Fsp3) is 0.316. The van der Waals surface area contributed by atoms with Gasteiger partial charge in [0.25, 0.3) is 0 Å². The molecule has 2 rings (SSSR count). The third kappa shape index (κ3) is 4.02. The highest BCUT2D eigenvalue weighted by Gasteiger charge is 2.05. The van der Waals surface area contributed by atoms with Gasteiger partial charge in [-0.25, -0.2) is 4.79 Å². The molecule has 22 heavy (non-hydrogen) atoms. The van der Waals surface area contributed by atoms with Gasteiger partial charge in [-0.15, -0.1) is 0 Å². The maximum Gasteiger partial charge on any atom is 0.328 e. The largest absolute Gasteiger partial charge is 0.478 e. The average Bonchev–Trinajstić information content (AvgIpc) is 2.81. The summed E-state index contributed by atoms with van der Waals surface area (Å²) in [5.74, 6) is 5.47. The first kappa shape index (κ1) is 15.9. The van der Waals surface area contributed by atoms with Crippen LogP contribution < -0.4 is 0 Å². The molecular formula is C19H21NO2. The molecule has 0 saturated heterocycles. The van der Waals surface area contributed by atoms with Crippen LogP contribution >= 0.6 is 0 Å². The highest BCUT2D eigenvalue weighted by molar-refractivity contribution is 5.94. The molecule has 0 fully saturated rings. The Morgan fingerprint density at radius 3 is 2.91 bits per heavy atom. The molecule has 0 aliphatic heterocycles. The Hall–Kier alpha value is -2.47. The lowest BCUT2D eigenvalue weighted by molar-refractivity contribution is -0.131. The third-order valence-corrected chi connectivity index (χ3v) is 3.56. The summed E-state index contributed by atoms with van der Waals surface area (Å²) in [6.45, 7) is 2.18. The van der Waals surface area contributed by atoms with Gasteiger partial charge in [-0.1, -0.05) is 31.6 Å². The van der Waals surface area contributed by atoms with Crippen molar-refractivity contribution < 1.29 is 9.90 Å². The molecule has 2 aromatic rings. The van der Waals surface area contributed by atoms with Gasteiger partial charge in [0, 0.05) is 47.8 Å². The van der Waals surface area contributed by atoms with Crippen molar-refractivity contribution in [3.05, 3.63) is 41.6 Å². The van der Waals surface area contributed by atoms with Crippen molar-refractivity contribution in [1.82, 2.24) is 4.57 Å². The quantitative estimate of drug-likeness (QED) is 0.510. The second-order valence-electron chi connectivity index (χ2n) is 5.36. The molecule has 1 aromatic heterocycles. The minimum Gasteiger partial charge on any atom is -0.478 e. The molecule has 0 spiro atoms. The summed E-state index contributed by atoms with van der Waals surface area (Å²) in [6.07, 6.45) is 9.22. The fourth-order valence-electron chi connectivity index (χ4n) is 2.42. The number of carboxylic acids is 1. The summed E-state index contributed by atoms with van der Waals surface area (Å²) >= 11 is 0. The number of carboxylic acid groups (broad SMARTS) is 1. The summed E-state index contributed by atoms with van der Waals surface area (Å²) in [7, 11) is 1.95. The second-order valence-corrected chi connectivity index (χ2v) is 5.36. The van der Waals surface area contributed by atoms with Crippen LogP contribution in [0, 0.1) is 11.8 Å². The molecule has 0 atom stereocenters. The van der Waals surface area contributed by atoms with Crippen LogP contribution in [0.5, 0.6) is 0 Å². The zero-order chi connectivity index (χ0) is 15.9. The van der Waals surface area contributed by atoms with Gasteiger partial charge >= 0.3 is 5.97 Å². The van der Waals surface area contributed by atoms with E-state index in [9.17, 15) is 4.79 Å². The third-order valence-electron chi connectivity index (χ3n) is 3.56. The highest BCUT2D eigenvalue weighted by Crippen LogP contribution is 2.23. The van der Waals surface area contributed by atoms with Gasteiger partial charge in [0.2, 0.25) is 0 Å². The van der Waals surface area contributed by atoms with Crippen molar-refractivity contribution in [2.24, 2.45) is 7.05 Å². The van der Waals surface area contributed by atoms with Gasteiger partial charge in [-0.05, 0) is 30.7 Å². The van der Waals surface area contributed by atoms with Crippen LogP contribution in [0.4, 0.5) is 0 Å².